The summed E-state index contributed by atoms with van der Waals surface area (Å²) < 4.78 is 6.53. The van der Waals surface area contributed by atoms with Gasteiger partial charge in [0.15, 0.2) is 0 Å². The van der Waals surface area contributed by atoms with Gasteiger partial charge in [0.2, 0.25) is 0 Å². The van der Waals surface area contributed by atoms with E-state index >= 15 is 0 Å². The van der Waals surface area contributed by atoms with Crippen molar-refractivity contribution in [3.05, 3.63) is 17.5 Å². The van der Waals surface area contributed by atoms with Crippen LogP contribution >= 0.6 is 0 Å². The van der Waals surface area contributed by atoms with E-state index in [1.807, 2.05) is 19.9 Å². The molecule has 0 bridgehead atoms. The molecule has 1 unspecified atom stereocenters. The lowest BCUT2D eigenvalue weighted by Crippen LogP contribution is -2.43. The van der Waals surface area contributed by atoms with E-state index in [0.717, 1.165) is 25.0 Å². The predicted molar refractivity (Wildman–Crippen MR) is 77.9 cm³/mol. The number of piperidine rings is 1. The summed E-state index contributed by atoms with van der Waals surface area (Å²) in [4.78, 5) is 26.1. The number of rotatable bonds is 4. The smallest absolute Gasteiger partial charge is 0.310 e. The molecule has 1 saturated heterocycles. The van der Waals surface area contributed by atoms with E-state index < -0.39 is 0 Å². The highest BCUT2D eigenvalue weighted by molar-refractivity contribution is 5.93. The maximum Gasteiger partial charge on any atom is 0.310 e. The molecule has 1 aliphatic heterocycles. The van der Waals surface area contributed by atoms with Crippen LogP contribution in [-0.4, -0.2) is 46.8 Å². The van der Waals surface area contributed by atoms with Crippen LogP contribution in [-0.2, 0) is 22.5 Å². The predicted octanol–water partition coefficient (Wildman–Crippen LogP) is 1.49. The number of hydrogen-bond acceptors (Lipinski definition) is 4. The van der Waals surface area contributed by atoms with E-state index in [0.29, 0.717) is 25.3 Å². The monoisotopic (exact) mass is 293 g/mol. The Labute approximate surface area is 125 Å². The summed E-state index contributed by atoms with van der Waals surface area (Å²) in [5.74, 6) is -0.486. The molecule has 1 atom stereocenters. The van der Waals surface area contributed by atoms with E-state index in [-0.39, 0.29) is 17.8 Å². The third kappa shape index (κ3) is 3.25. The van der Waals surface area contributed by atoms with Gasteiger partial charge >= 0.3 is 5.97 Å². The van der Waals surface area contributed by atoms with Crippen molar-refractivity contribution in [3.8, 4) is 0 Å². The molecule has 0 spiro atoms. The average Bonchev–Trinajstić information content (AvgIpc) is 2.96. The first-order valence-corrected chi connectivity index (χ1v) is 7.54. The SMILES string of the molecule is CCc1cc(C(=O)N2CCCC(C(=O)OC)C2)n(CC)n1. The summed E-state index contributed by atoms with van der Waals surface area (Å²) in [7, 11) is 1.39. The third-order valence-corrected chi connectivity index (χ3v) is 3.95. The lowest BCUT2D eigenvalue weighted by Gasteiger charge is -2.31. The molecule has 6 nitrogen and oxygen atoms in total. The fraction of sp³-hybridized carbons (Fsp3) is 0.667. The zero-order valence-corrected chi connectivity index (χ0v) is 13.0. The van der Waals surface area contributed by atoms with E-state index in [1.165, 1.54) is 7.11 Å². The lowest BCUT2D eigenvalue weighted by atomic mass is 9.98. The largest absolute Gasteiger partial charge is 0.469 e. The Morgan fingerprint density at radius 2 is 2.19 bits per heavy atom. The maximum absolute atomic E-state index is 12.7. The quantitative estimate of drug-likeness (QED) is 0.789. The Morgan fingerprint density at radius 3 is 2.81 bits per heavy atom. The van der Waals surface area contributed by atoms with Gasteiger partial charge in [-0.1, -0.05) is 6.92 Å². The number of methoxy groups -OCH3 is 1. The first-order chi connectivity index (χ1) is 10.1. The molecule has 1 amide bonds. The minimum atomic E-state index is -0.231. The van der Waals surface area contributed by atoms with Gasteiger partial charge in [0.1, 0.15) is 5.69 Å². The van der Waals surface area contributed by atoms with E-state index in [2.05, 4.69) is 5.10 Å². The van der Waals surface area contributed by atoms with Crippen molar-refractivity contribution in [3.63, 3.8) is 0 Å². The van der Waals surface area contributed by atoms with E-state index in [1.54, 1.807) is 9.58 Å². The van der Waals surface area contributed by atoms with Gasteiger partial charge in [-0.3, -0.25) is 14.3 Å². The molecule has 116 valence electrons. The Balaban J connectivity index is 2.15. The topological polar surface area (TPSA) is 64.4 Å². The highest BCUT2D eigenvalue weighted by Crippen LogP contribution is 2.20. The number of aromatic nitrogens is 2. The van der Waals surface area contributed by atoms with Crippen molar-refractivity contribution >= 4 is 11.9 Å². The highest BCUT2D eigenvalue weighted by Gasteiger charge is 2.30. The fourth-order valence-corrected chi connectivity index (χ4v) is 2.74. The Morgan fingerprint density at radius 1 is 1.43 bits per heavy atom. The number of hydrogen-bond donors (Lipinski definition) is 0. The second kappa shape index (κ2) is 6.74. The first kappa shape index (κ1) is 15.5. The minimum Gasteiger partial charge on any atom is -0.469 e. The normalized spacial score (nSPS) is 18.6. The van der Waals surface area contributed by atoms with E-state index in [4.69, 9.17) is 4.74 Å². The van der Waals surface area contributed by atoms with Crippen LogP contribution in [0.1, 0.15) is 42.9 Å². The van der Waals surface area contributed by atoms with Crippen LogP contribution in [0.25, 0.3) is 0 Å². The Bertz CT molecular complexity index is 524. The molecule has 1 aromatic rings. The van der Waals surface area contributed by atoms with Crippen molar-refractivity contribution in [1.82, 2.24) is 14.7 Å². The zero-order valence-electron chi connectivity index (χ0n) is 13.0. The molecular formula is C15H23N3O3. The highest BCUT2D eigenvalue weighted by atomic mass is 16.5. The maximum atomic E-state index is 12.7. The molecule has 0 saturated carbocycles. The van der Waals surface area contributed by atoms with Gasteiger partial charge in [0, 0.05) is 19.6 Å². The molecule has 1 aliphatic rings. The van der Waals surface area contributed by atoms with Crippen molar-refractivity contribution in [2.45, 2.75) is 39.7 Å². The lowest BCUT2D eigenvalue weighted by molar-refractivity contribution is -0.146. The number of esters is 1. The van der Waals surface area contributed by atoms with E-state index in [9.17, 15) is 9.59 Å². The number of aryl methyl sites for hydroxylation is 2. The standard InChI is InChI=1S/C15H23N3O3/c1-4-12-9-13(18(5-2)16-12)14(19)17-8-6-7-11(10-17)15(20)21-3/h9,11H,4-8,10H2,1-3H3. The minimum absolute atomic E-state index is 0.0438. The third-order valence-electron chi connectivity index (χ3n) is 3.95. The first-order valence-electron chi connectivity index (χ1n) is 7.54. The van der Waals surface area contributed by atoms with Crippen molar-refractivity contribution in [1.29, 1.82) is 0 Å². The van der Waals surface area contributed by atoms with Crippen LogP contribution in [0, 0.1) is 5.92 Å². The van der Waals surface area contributed by atoms with Gasteiger partial charge in [0.25, 0.3) is 5.91 Å². The van der Waals surface area contributed by atoms with Gasteiger partial charge < -0.3 is 9.64 Å². The summed E-state index contributed by atoms with van der Waals surface area (Å²) in [6.45, 7) is 5.77. The van der Waals surface area contributed by atoms with Gasteiger partial charge in [0.05, 0.1) is 18.7 Å². The van der Waals surface area contributed by atoms with Crippen molar-refractivity contribution in [2.24, 2.45) is 5.92 Å². The molecule has 0 radical (unpaired) electrons. The number of nitrogens with zero attached hydrogens (tertiary/aromatic N) is 3. The summed E-state index contributed by atoms with van der Waals surface area (Å²) >= 11 is 0. The van der Waals surface area contributed by atoms with Crippen molar-refractivity contribution in [2.75, 3.05) is 20.2 Å². The van der Waals surface area contributed by atoms with Crippen molar-refractivity contribution < 1.29 is 14.3 Å². The summed E-state index contributed by atoms with van der Waals surface area (Å²) in [6, 6.07) is 1.85. The molecule has 0 aliphatic carbocycles. The summed E-state index contributed by atoms with van der Waals surface area (Å²) in [5.41, 5.74) is 1.53. The van der Waals surface area contributed by atoms with Crippen LogP contribution in [0.2, 0.25) is 0 Å². The number of amides is 1. The summed E-state index contributed by atoms with van der Waals surface area (Å²) in [5, 5.41) is 4.41. The molecular weight excluding hydrogens is 270 g/mol. The Kier molecular flexibility index (Phi) is 4.98. The zero-order chi connectivity index (χ0) is 15.4. The van der Waals surface area contributed by atoms with Crippen LogP contribution in [0.4, 0.5) is 0 Å². The van der Waals surface area contributed by atoms with Crippen LogP contribution in [0.15, 0.2) is 6.07 Å². The van der Waals surface area contributed by atoms with Crippen LogP contribution in [0.5, 0.6) is 0 Å². The van der Waals surface area contributed by atoms with Gasteiger partial charge in [-0.25, -0.2) is 0 Å². The number of likely N-dealkylation sites (tertiary alicyclic amines) is 1. The van der Waals surface area contributed by atoms with Gasteiger partial charge in [-0.05, 0) is 32.3 Å². The molecule has 0 aromatic carbocycles. The molecule has 21 heavy (non-hydrogen) atoms. The molecule has 0 N–H and O–H groups in total. The van der Waals surface area contributed by atoms with Gasteiger partial charge in [-0.15, -0.1) is 0 Å². The van der Waals surface area contributed by atoms with Crippen LogP contribution < -0.4 is 0 Å². The molecule has 6 heteroatoms. The van der Waals surface area contributed by atoms with Gasteiger partial charge in [-0.2, -0.15) is 5.10 Å². The van der Waals surface area contributed by atoms with Crippen LogP contribution in [0.3, 0.4) is 0 Å². The molecule has 2 heterocycles. The summed E-state index contributed by atoms with van der Waals surface area (Å²) in [6.07, 6.45) is 2.41. The number of carbonyl (C=O) groups excluding carboxylic acids is 2. The average molecular weight is 293 g/mol. The molecule has 1 fully saturated rings. The second-order valence-electron chi connectivity index (χ2n) is 5.30. The molecule has 1 aromatic heterocycles. The second-order valence-corrected chi connectivity index (χ2v) is 5.30. The number of carbonyl (C=O) groups is 2. The molecule has 2 rings (SSSR count). The Hall–Kier alpha value is -1.85. The fourth-order valence-electron chi connectivity index (χ4n) is 2.74. The number of ether oxygens (including phenoxy) is 1.